The third-order valence-electron chi connectivity index (χ3n) is 1.64. The molecule has 0 aromatic carbocycles. The van der Waals surface area contributed by atoms with E-state index in [0.29, 0.717) is 6.54 Å². The van der Waals surface area contributed by atoms with Gasteiger partial charge in [0.2, 0.25) is 5.91 Å². The van der Waals surface area contributed by atoms with Crippen molar-refractivity contribution in [1.82, 2.24) is 10.2 Å². The Balaban J connectivity index is 3.10. The summed E-state index contributed by atoms with van der Waals surface area (Å²) in [5, 5.41) is 11.6. The van der Waals surface area contributed by atoms with Gasteiger partial charge in [-0.1, -0.05) is 0 Å². The molecule has 0 aliphatic rings. The van der Waals surface area contributed by atoms with Crippen LogP contribution in [-0.4, -0.2) is 61.2 Å². The first-order chi connectivity index (χ1) is 6.68. The fourth-order valence-electron chi connectivity index (χ4n) is 0.766. The summed E-state index contributed by atoms with van der Waals surface area (Å²) < 4.78 is 0. The van der Waals surface area contributed by atoms with Gasteiger partial charge in [0.1, 0.15) is 0 Å². The molecule has 0 aromatic rings. The molecular formula is C9H20N2O2S. The van der Waals surface area contributed by atoms with E-state index < -0.39 is 0 Å². The van der Waals surface area contributed by atoms with Crippen LogP contribution in [0.25, 0.3) is 0 Å². The first-order valence-electron chi connectivity index (χ1n) is 4.78. The molecule has 1 amide bonds. The van der Waals surface area contributed by atoms with Crippen molar-refractivity contribution >= 4 is 17.7 Å². The van der Waals surface area contributed by atoms with Gasteiger partial charge in [-0.25, -0.2) is 0 Å². The van der Waals surface area contributed by atoms with Gasteiger partial charge in [-0.15, -0.1) is 0 Å². The van der Waals surface area contributed by atoms with Crippen molar-refractivity contribution in [3.8, 4) is 0 Å². The number of carbonyl (C=O) groups excluding carboxylic acids is 1. The zero-order chi connectivity index (χ0) is 10.8. The molecule has 2 N–H and O–H groups in total. The summed E-state index contributed by atoms with van der Waals surface area (Å²) in [6, 6.07) is 0. The van der Waals surface area contributed by atoms with Crippen LogP contribution in [-0.2, 0) is 4.79 Å². The van der Waals surface area contributed by atoms with Gasteiger partial charge in [-0.2, -0.15) is 11.8 Å². The maximum atomic E-state index is 11.1. The van der Waals surface area contributed by atoms with E-state index in [4.69, 9.17) is 5.11 Å². The molecule has 0 radical (unpaired) electrons. The highest BCUT2D eigenvalue weighted by molar-refractivity contribution is 7.99. The van der Waals surface area contributed by atoms with E-state index in [0.717, 1.165) is 24.5 Å². The van der Waals surface area contributed by atoms with Crippen LogP contribution < -0.4 is 5.32 Å². The van der Waals surface area contributed by atoms with Crippen molar-refractivity contribution in [3.63, 3.8) is 0 Å². The van der Waals surface area contributed by atoms with Gasteiger partial charge < -0.3 is 15.3 Å². The van der Waals surface area contributed by atoms with Crippen LogP contribution in [0.2, 0.25) is 0 Å². The number of hydrogen-bond donors (Lipinski definition) is 2. The Bertz CT molecular complexity index is 154. The number of nitrogens with one attached hydrogen (secondary N) is 1. The Hall–Kier alpha value is -0.260. The van der Waals surface area contributed by atoms with Crippen molar-refractivity contribution in [2.45, 2.75) is 6.42 Å². The molecule has 4 nitrogen and oxygen atoms in total. The normalized spacial score (nSPS) is 10.2. The molecule has 0 unspecified atom stereocenters. The molecule has 0 spiro atoms. The fourth-order valence-corrected chi connectivity index (χ4v) is 1.59. The summed E-state index contributed by atoms with van der Waals surface area (Å²) in [5.74, 6) is 2.07. The van der Waals surface area contributed by atoms with Crippen LogP contribution in [0, 0.1) is 0 Å². The van der Waals surface area contributed by atoms with Crippen molar-refractivity contribution in [3.05, 3.63) is 0 Å². The van der Waals surface area contributed by atoms with Gasteiger partial charge in [0.25, 0.3) is 0 Å². The first-order valence-corrected chi connectivity index (χ1v) is 5.93. The topological polar surface area (TPSA) is 52.6 Å². The zero-order valence-electron chi connectivity index (χ0n) is 8.95. The molecule has 0 saturated heterocycles. The second-order valence-corrected chi connectivity index (χ2v) is 4.38. The number of nitrogens with zero attached hydrogens (tertiary/aromatic N) is 1. The van der Waals surface area contributed by atoms with E-state index in [1.165, 1.54) is 0 Å². The lowest BCUT2D eigenvalue weighted by atomic mass is 10.5. The summed E-state index contributed by atoms with van der Waals surface area (Å²) in [4.78, 5) is 12.7. The van der Waals surface area contributed by atoms with E-state index in [2.05, 4.69) is 5.32 Å². The summed E-state index contributed by atoms with van der Waals surface area (Å²) in [5.41, 5.74) is 0. The molecule has 0 fully saturated rings. The van der Waals surface area contributed by atoms with Crippen molar-refractivity contribution in [1.29, 1.82) is 0 Å². The molecule has 0 aliphatic carbocycles. The summed E-state index contributed by atoms with van der Waals surface area (Å²) in [7, 11) is 3.50. The Morgan fingerprint density at radius 3 is 2.71 bits per heavy atom. The van der Waals surface area contributed by atoms with E-state index in [9.17, 15) is 4.79 Å². The largest absolute Gasteiger partial charge is 0.396 e. The Kier molecular flexibility index (Phi) is 9.13. The lowest BCUT2D eigenvalue weighted by molar-refractivity contribution is -0.127. The summed E-state index contributed by atoms with van der Waals surface area (Å²) in [6.07, 6.45) is 0.849. The predicted octanol–water partition coefficient (Wildman–Crippen LogP) is -0.220. The zero-order valence-corrected chi connectivity index (χ0v) is 9.77. The standard InChI is InChI=1S/C9H20N2O2S/c1-11(2)9(13)8-10-4-7-14-6-3-5-12/h10,12H,3-8H2,1-2H3. The molecule has 0 aliphatic heterocycles. The highest BCUT2D eigenvalue weighted by Gasteiger charge is 2.01. The smallest absolute Gasteiger partial charge is 0.236 e. The molecule has 0 heterocycles. The van der Waals surface area contributed by atoms with E-state index >= 15 is 0 Å². The predicted molar refractivity (Wildman–Crippen MR) is 60.6 cm³/mol. The number of likely N-dealkylation sites (N-methyl/N-ethyl adjacent to an activating group) is 1. The van der Waals surface area contributed by atoms with Crippen LogP contribution in [0.5, 0.6) is 0 Å². The molecule has 84 valence electrons. The van der Waals surface area contributed by atoms with Crippen molar-refractivity contribution in [2.75, 3.05) is 45.3 Å². The maximum absolute atomic E-state index is 11.1. The average molecular weight is 220 g/mol. The Morgan fingerprint density at radius 1 is 1.43 bits per heavy atom. The van der Waals surface area contributed by atoms with Crippen molar-refractivity contribution in [2.24, 2.45) is 0 Å². The molecule has 0 bridgehead atoms. The van der Waals surface area contributed by atoms with Gasteiger partial charge in [0.05, 0.1) is 6.54 Å². The van der Waals surface area contributed by atoms with Crippen LogP contribution in [0.4, 0.5) is 0 Å². The van der Waals surface area contributed by atoms with Crippen LogP contribution in [0.1, 0.15) is 6.42 Å². The molecule has 0 atom stereocenters. The molecule has 0 saturated carbocycles. The van der Waals surface area contributed by atoms with Crippen LogP contribution >= 0.6 is 11.8 Å². The van der Waals surface area contributed by atoms with Gasteiger partial charge in [0.15, 0.2) is 0 Å². The third-order valence-corrected chi connectivity index (χ3v) is 2.72. The fraction of sp³-hybridized carbons (Fsp3) is 0.889. The number of amides is 1. The number of carbonyl (C=O) groups is 1. The average Bonchev–Trinajstić information content (AvgIpc) is 2.16. The Labute approximate surface area is 90.0 Å². The number of aliphatic hydroxyl groups excluding tert-OH is 1. The minimum Gasteiger partial charge on any atom is -0.396 e. The van der Waals surface area contributed by atoms with Crippen molar-refractivity contribution < 1.29 is 9.90 Å². The maximum Gasteiger partial charge on any atom is 0.236 e. The summed E-state index contributed by atoms with van der Waals surface area (Å²) in [6.45, 7) is 1.52. The summed E-state index contributed by atoms with van der Waals surface area (Å²) >= 11 is 1.79. The lowest BCUT2D eigenvalue weighted by Gasteiger charge is -2.10. The van der Waals surface area contributed by atoms with Gasteiger partial charge in [-0.3, -0.25) is 4.79 Å². The SMILES string of the molecule is CN(C)C(=O)CNCCSCCCO. The highest BCUT2D eigenvalue weighted by Crippen LogP contribution is 1.99. The molecule has 0 aromatic heterocycles. The van der Waals surface area contributed by atoms with Crippen LogP contribution in [0.15, 0.2) is 0 Å². The third kappa shape index (κ3) is 8.34. The number of aliphatic hydroxyl groups is 1. The molecule has 5 heteroatoms. The molecule has 0 rings (SSSR count). The number of hydrogen-bond acceptors (Lipinski definition) is 4. The van der Waals surface area contributed by atoms with Gasteiger partial charge in [-0.05, 0) is 12.2 Å². The lowest BCUT2D eigenvalue weighted by Crippen LogP contribution is -2.33. The number of thioether (sulfide) groups is 1. The molecular weight excluding hydrogens is 200 g/mol. The van der Waals surface area contributed by atoms with Gasteiger partial charge in [0, 0.05) is 33.0 Å². The monoisotopic (exact) mass is 220 g/mol. The minimum absolute atomic E-state index is 0.102. The second-order valence-electron chi connectivity index (χ2n) is 3.15. The van der Waals surface area contributed by atoms with Crippen LogP contribution in [0.3, 0.4) is 0 Å². The second kappa shape index (κ2) is 9.30. The van der Waals surface area contributed by atoms with E-state index in [1.807, 2.05) is 0 Å². The first kappa shape index (κ1) is 13.7. The Morgan fingerprint density at radius 2 is 2.14 bits per heavy atom. The van der Waals surface area contributed by atoms with E-state index in [-0.39, 0.29) is 12.5 Å². The van der Waals surface area contributed by atoms with Gasteiger partial charge >= 0.3 is 0 Å². The number of rotatable bonds is 8. The quantitative estimate of drug-likeness (QED) is 0.555. The highest BCUT2D eigenvalue weighted by atomic mass is 32.2. The molecule has 14 heavy (non-hydrogen) atoms. The minimum atomic E-state index is 0.102. The van der Waals surface area contributed by atoms with E-state index in [1.54, 1.807) is 30.8 Å².